The first-order valence-corrected chi connectivity index (χ1v) is 8.59. The zero-order chi connectivity index (χ0) is 17.1. The number of carbonyl (C=O) groups is 1. The van der Waals surface area contributed by atoms with E-state index in [1.54, 1.807) is 24.4 Å². The fraction of sp³-hybridized carbons (Fsp3) is 0.250. The molecule has 0 bridgehead atoms. The van der Waals surface area contributed by atoms with Gasteiger partial charge >= 0.3 is 5.97 Å². The Kier molecular flexibility index (Phi) is 4.92. The Morgan fingerprint density at radius 2 is 2.08 bits per heavy atom. The maximum atomic E-state index is 12.1. The van der Waals surface area contributed by atoms with Crippen LogP contribution in [0, 0.1) is 0 Å². The lowest BCUT2D eigenvalue weighted by Crippen LogP contribution is -2.20. The van der Waals surface area contributed by atoms with E-state index in [0.29, 0.717) is 34.4 Å². The van der Waals surface area contributed by atoms with Crippen molar-refractivity contribution in [2.45, 2.75) is 19.8 Å². The van der Waals surface area contributed by atoms with Crippen molar-refractivity contribution >= 4 is 33.9 Å². The number of thiazole rings is 1. The van der Waals surface area contributed by atoms with Crippen LogP contribution in [0.2, 0.25) is 5.02 Å². The molecule has 0 unspecified atom stereocenters. The number of aromatic nitrogens is 3. The SMILES string of the molecule is CCOC(=O)Cc1csc2nc(=O)c(Cc3ccc(Cl)cc3)nn12. The summed E-state index contributed by atoms with van der Waals surface area (Å²) in [6.07, 6.45) is 0.437. The Morgan fingerprint density at radius 3 is 2.79 bits per heavy atom. The van der Waals surface area contributed by atoms with E-state index in [4.69, 9.17) is 16.3 Å². The zero-order valence-electron chi connectivity index (χ0n) is 12.9. The van der Waals surface area contributed by atoms with E-state index in [0.717, 1.165) is 5.56 Å². The lowest BCUT2D eigenvalue weighted by atomic mass is 10.1. The minimum atomic E-state index is -0.366. The topological polar surface area (TPSA) is 73.6 Å². The number of ether oxygens (including phenoxy) is 1. The average Bonchev–Trinajstić information content (AvgIpc) is 2.92. The molecule has 6 nitrogen and oxygen atoms in total. The van der Waals surface area contributed by atoms with Crippen LogP contribution in [-0.4, -0.2) is 27.2 Å². The van der Waals surface area contributed by atoms with Crippen LogP contribution in [0.5, 0.6) is 0 Å². The van der Waals surface area contributed by atoms with Crippen molar-refractivity contribution in [1.82, 2.24) is 14.6 Å². The predicted octanol–water partition coefficient (Wildman–Crippen LogP) is 2.50. The summed E-state index contributed by atoms with van der Waals surface area (Å²) in [4.78, 5) is 28.3. The molecule has 0 atom stereocenters. The number of halogens is 1. The molecule has 0 saturated carbocycles. The van der Waals surface area contributed by atoms with Crippen LogP contribution in [-0.2, 0) is 22.4 Å². The van der Waals surface area contributed by atoms with Crippen LogP contribution in [0.1, 0.15) is 23.9 Å². The number of esters is 1. The molecule has 2 aromatic heterocycles. The van der Waals surface area contributed by atoms with Gasteiger partial charge in [-0.05, 0) is 24.6 Å². The minimum absolute atomic E-state index is 0.0891. The summed E-state index contributed by atoms with van der Waals surface area (Å²) in [5.41, 5.74) is 1.51. The van der Waals surface area contributed by atoms with Crippen molar-refractivity contribution in [2.24, 2.45) is 0 Å². The summed E-state index contributed by atoms with van der Waals surface area (Å²) in [6, 6.07) is 7.20. The number of nitrogens with zero attached hydrogens (tertiary/aromatic N) is 3. The van der Waals surface area contributed by atoms with Crippen molar-refractivity contribution in [2.75, 3.05) is 6.61 Å². The molecule has 0 saturated heterocycles. The fourth-order valence-electron chi connectivity index (χ4n) is 2.22. The Hall–Kier alpha value is -2.25. The lowest BCUT2D eigenvalue weighted by Gasteiger charge is -2.04. The molecule has 2 heterocycles. The van der Waals surface area contributed by atoms with E-state index in [2.05, 4.69) is 10.1 Å². The van der Waals surface area contributed by atoms with E-state index >= 15 is 0 Å². The van der Waals surface area contributed by atoms with Crippen LogP contribution in [0.15, 0.2) is 34.4 Å². The number of hydrogen-bond donors (Lipinski definition) is 0. The van der Waals surface area contributed by atoms with Crippen molar-refractivity contribution in [1.29, 1.82) is 0 Å². The summed E-state index contributed by atoms with van der Waals surface area (Å²) < 4.78 is 6.49. The third-order valence-corrected chi connectivity index (χ3v) is 4.45. The molecular formula is C16H14ClN3O3S. The Labute approximate surface area is 146 Å². The smallest absolute Gasteiger partial charge is 0.311 e. The van der Waals surface area contributed by atoms with Crippen molar-refractivity contribution in [3.05, 3.63) is 62.0 Å². The fourth-order valence-corrected chi connectivity index (χ4v) is 3.17. The zero-order valence-corrected chi connectivity index (χ0v) is 14.4. The third kappa shape index (κ3) is 3.63. The molecule has 0 N–H and O–H groups in total. The van der Waals surface area contributed by atoms with Crippen LogP contribution in [0.25, 0.3) is 4.96 Å². The lowest BCUT2D eigenvalue weighted by molar-refractivity contribution is -0.142. The first-order chi connectivity index (χ1) is 11.6. The third-order valence-electron chi connectivity index (χ3n) is 3.33. The van der Waals surface area contributed by atoms with Gasteiger partial charge in [0, 0.05) is 16.8 Å². The summed E-state index contributed by atoms with van der Waals surface area (Å²) in [6.45, 7) is 2.08. The highest BCUT2D eigenvalue weighted by Crippen LogP contribution is 2.15. The number of carbonyl (C=O) groups excluding carboxylic acids is 1. The summed E-state index contributed by atoms with van der Waals surface area (Å²) in [7, 11) is 0. The van der Waals surface area contributed by atoms with Gasteiger partial charge in [-0.1, -0.05) is 23.7 Å². The highest BCUT2D eigenvalue weighted by atomic mass is 35.5. The molecule has 0 spiro atoms. The quantitative estimate of drug-likeness (QED) is 0.651. The number of hydrogen-bond acceptors (Lipinski definition) is 6. The normalized spacial score (nSPS) is 10.9. The maximum absolute atomic E-state index is 12.1. The van der Waals surface area contributed by atoms with Gasteiger partial charge in [-0.15, -0.1) is 11.3 Å². The van der Waals surface area contributed by atoms with Gasteiger partial charge in [0.05, 0.1) is 18.7 Å². The molecule has 0 aliphatic carbocycles. The second kappa shape index (κ2) is 7.11. The van der Waals surface area contributed by atoms with Gasteiger partial charge in [-0.3, -0.25) is 9.59 Å². The Bertz CT molecular complexity index is 934. The summed E-state index contributed by atoms with van der Waals surface area (Å²) in [5.74, 6) is -0.336. The standard InChI is InChI=1S/C16H14ClN3O3S/c1-2-23-14(21)8-12-9-24-16-18-15(22)13(19-20(12)16)7-10-3-5-11(17)6-4-10/h3-6,9H,2,7-8H2,1H3. The molecule has 124 valence electrons. The van der Waals surface area contributed by atoms with Crippen LogP contribution in [0.4, 0.5) is 0 Å². The van der Waals surface area contributed by atoms with Crippen LogP contribution >= 0.6 is 22.9 Å². The van der Waals surface area contributed by atoms with Crippen LogP contribution in [0.3, 0.4) is 0 Å². The molecule has 24 heavy (non-hydrogen) atoms. The largest absolute Gasteiger partial charge is 0.466 e. The molecule has 0 aliphatic rings. The van der Waals surface area contributed by atoms with E-state index in [-0.39, 0.29) is 17.9 Å². The van der Waals surface area contributed by atoms with Gasteiger partial charge in [0.25, 0.3) is 5.56 Å². The molecule has 0 amide bonds. The number of benzene rings is 1. The number of fused-ring (bicyclic) bond motifs is 1. The maximum Gasteiger partial charge on any atom is 0.311 e. The van der Waals surface area contributed by atoms with Gasteiger partial charge in [-0.25, -0.2) is 4.52 Å². The highest BCUT2D eigenvalue weighted by Gasteiger charge is 2.14. The van der Waals surface area contributed by atoms with Gasteiger partial charge in [0.15, 0.2) is 0 Å². The van der Waals surface area contributed by atoms with E-state index in [9.17, 15) is 9.59 Å². The van der Waals surface area contributed by atoms with Gasteiger partial charge in [-0.2, -0.15) is 10.1 Å². The molecule has 3 aromatic rings. The van der Waals surface area contributed by atoms with Crippen molar-refractivity contribution < 1.29 is 9.53 Å². The van der Waals surface area contributed by atoms with Gasteiger partial charge in [0.1, 0.15) is 5.69 Å². The first kappa shape index (κ1) is 16.6. The molecular weight excluding hydrogens is 350 g/mol. The highest BCUT2D eigenvalue weighted by molar-refractivity contribution is 7.15. The molecule has 0 radical (unpaired) electrons. The molecule has 0 aliphatic heterocycles. The van der Waals surface area contributed by atoms with Gasteiger partial charge in [0.2, 0.25) is 4.96 Å². The minimum Gasteiger partial charge on any atom is -0.466 e. The van der Waals surface area contributed by atoms with E-state index in [1.807, 2.05) is 12.1 Å². The molecule has 3 rings (SSSR count). The van der Waals surface area contributed by atoms with E-state index < -0.39 is 0 Å². The summed E-state index contributed by atoms with van der Waals surface area (Å²) >= 11 is 7.14. The van der Waals surface area contributed by atoms with Crippen molar-refractivity contribution in [3.63, 3.8) is 0 Å². The molecule has 0 fully saturated rings. The Balaban J connectivity index is 1.93. The molecule has 1 aromatic carbocycles. The number of rotatable bonds is 5. The second-order valence-electron chi connectivity index (χ2n) is 5.07. The van der Waals surface area contributed by atoms with Crippen LogP contribution < -0.4 is 5.56 Å². The second-order valence-corrected chi connectivity index (χ2v) is 6.34. The Morgan fingerprint density at radius 1 is 1.33 bits per heavy atom. The summed E-state index contributed by atoms with van der Waals surface area (Å²) in [5, 5.41) is 6.77. The first-order valence-electron chi connectivity index (χ1n) is 7.33. The van der Waals surface area contributed by atoms with E-state index in [1.165, 1.54) is 15.9 Å². The van der Waals surface area contributed by atoms with Crippen molar-refractivity contribution in [3.8, 4) is 0 Å². The average molecular weight is 364 g/mol. The monoisotopic (exact) mass is 363 g/mol. The van der Waals surface area contributed by atoms with Gasteiger partial charge < -0.3 is 4.74 Å². The predicted molar refractivity (Wildman–Crippen MR) is 91.7 cm³/mol. The molecule has 8 heteroatoms.